The molecule has 2 saturated carbocycles. The third-order valence-electron chi connectivity index (χ3n) is 7.82. The Bertz CT molecular complexity index is 1420. The first kappa shape index (κ1) is 25.7. The van der Waals surface area contributed by atoms with Gasteiger partial charge in [0.15, 0.2) is 0 Å². The van der Waals surface area contributed by atoms with Crippen molar-refractivity contribution in [3.63, 3.8) is 0 Å². The minimum Gasteiger partial charge on any atom is -0.356 e. The van der Waals surface area contributed by atoms with E-state index in [2.05, 4.69) is 83.3 Å². The van der Waals surface area contributed by atoms with Gasteiger partial charge < -0.3 is 15.5 Å². The van der Waals surface area contributed by atoms with Gasteiger partial charge in [0.1, 0.15) is 5.82 Å². The zero-order chi connectivity index (χ0) is 26.9. The molecule has 0 amide bonds. The normalized spacial score (nSPS) is 15.2. The van der Waals surface area contributed by atoms with Crippen molar-refractivity contribution in [1.29, 1.82) is 0 Å². The van der Waals surface area contributed by atoms with Crippen LogP contribution >= 0.6 is 0 Å². The van der Waals surface area contributed by atoms with Crippen molar-refractivity contribution in [2.75, 3.05) is 29.4 Å². The highest BCUT2D eigenvalue weighted by molar-refractivity contribution is 5.84. The van der Waals surface area contributed by atoms with E-state index < -0.39 is 0 Å². The molecule has 0 atom stereocenters. The Hall–Kier alpha value is -3.52. The minimum absolute atomic E-state index is 0.474. The molecule has 8 heteroatoms. The van der Waals surface area contributed by atoms with Crippen molar-refractivity contribution in [1.82, 2.24) is 25.2 Å². The number of hydrogen-bond donors (Lipinski definition) is 1. The second-order valence-corrected chi connectivity index (χ2v) is 11.7. The van der Waals surface area contributed by atoms with Gasteiger partial charge in [-0.05, 0) is 80.7 Å². The van der Waals surface area contributed by atoms with E-state index in [1.54, 1.807) is 4.80 Å². The molecule has 0 aliphatic heterocycles. The fraction of sp³-hybridized carbons (Fsp3) is 0.484. The number of aromatic nitrogens is 5. The van der Waals surface area contributed by atoms with E-state index >= 15 is 0 Å². The van der Waals surface area contributed by atoms with Crippen molar-refractivity contribution >= 4 is 22.7 Å². The molecule has 0 unspecified atom stereocenters. The smallest absolute Gasteiger partial charge is 0.266 e. The first-order valence-electron chi connectivity index (χ1n) is 14.4. The summed E-state index contributed by atoms with van der Waals surface area (Å²) in [6.45, 7) is 11.0. The van der Waals surface area contributed by atoms with Gasteiger partial charge in [-0.25, -0.2) is 4.98 Å². The SMILES string of the molecule is Cc1cc(C)cc(CN(Cc2cc3cccc(C)c3nc2N(CC2CC2)CC2CC2)c2nnn(CCN)n2)c1. The van der Waals surface area contributed by atoms with E-state index in [9.17, 15) is 0 Å². The molecule has 2 aromatic heterocycles. The molecule has 2 aliphatic rings. The van der Waals surface area contributed by atoms with Crippen LogP contribution in [0.2, 0.25) is 0 Å². The second kappa shape index (κ2) is 10.9. The molecule has 6 rings (SSSR count). The molecule has 2 N–H and O–H groups in total. The molecule has 2 heterocycles. The molecule has 0 spiro atoms. The molecule has 2 aliphatic carbocycles. The van der Waals surface area contributed by atoms with E-state index in [4.69, 9.17) is 15.8 Å². The highest BCUT2D eigenvalue weighted by Gasteiger charge is 2.31. The van der Waals surface area contributed by atoms with Gasteiger partial charge in [0.05, 0.1) is 12.1 Å². The van der Waals surface area contributed by atoms with Crippen LogP contribution in [0.5, 0.6) is 0 Å². The standard InChI is InChI=1S/C31H40N8/c1-21-13-22(2)15-26(14-21)19-38(31-34-36-39(35-31)12-11-32)20-28-16-27-6-4-5-23(3)29(27)33-30(28)37(17-24-7-8-24)18-25-9-10-25/h4-6,13-16,24-25H,7-12,17-20,32H2,1-3H3. The number of fused-ring (bicyclic) bond motifs is 1. The molecule has 4 aromatic rings. The number of nitrogens with two attached hydrogens (primary N) is 1. The lowest BCUT2D eigenvalue weighted by atomic mass is 10.1. The largest absolute Gasteiger partial charge is 0.356 e. The molecule has 0 radical (unpaired) electrons. The van der Waals surface area contributed by atoms with Gasteiger partial charge in [0.25, 0.3) is 5.95 Å². The van der Waals surface area contributed by atoms with Crippen LogP contribution in [-0.2, 0) is 19.6 Å². The lowest BCUT2D eigenvalue weighted by Crippen LogP contribution is -2.32. The number of benzene rings is 2. The third kappa shape index (κ3) is 6.22. The minimum atomic E-state index is 0.474. The van der Waals surface area contributed by atoms with Crippen LogP contribution in [0.1, 0.15) is 53.5 Å². The summed E-state index contributed by atoms with van der Waals surface area (Å²) in [6, 6.07) is 15.5. The molecule has 2 fully saturated rings. The lowest BCUT2D eigenvalue weighted by molar-refractivity contribution is 0.530. The average molecular weight is 525 g/mol. The zero-order valence-electron chi connectivity index (χ0n) is 23.5. The molecule has 0 saturated heterocycles. The molecular formula is C31H40N8. The highest BCUT2D eigenvalue weighted by atomic mass is 15.6. The van der Waals surface area contributed by atoms with Crippen LogP contribution in [0.15, 0.2) is 42.5 Å². The van der Waals surface area contributed by atoms with Crippen LogP contribution < -0.4 is 15.5 Å². The first-order chi connectivity index (χ1) is 18.9. The maximum atomic E-state index is 5.78. The predicted octanol–water partition coefficient (Wildman–Crippen LogP) is 4.94. The number of tetrazole rings is 1. The van der Waals surface area contributed by atoms with Gasteiger partial charge in [0.2, 0.25) is 0 Å². The number of nitrogens with zero attached hydrogens (tertiary/aromatic N) is 7. The van der Waals surface area contributed by atoms with Gasteiger partial charge in [-0.1, -0.05) is 52.6 Å². The summed E-state index contributed by atoms with van der Waals surface area (Å²) in [5, 5.41) is 14.6. The Morgan fingerprint density at radius 3 is 2.28 bits per heavy atom. The van der Waals surface area contributed by atoms with E-state index in [-0.39, 0.29) is 0 Å². The first-order valence-corrected chi connectivity index (χ1v) is 14.4. The maximum absolute atomic E-state index is 5.78. The molecule has 0 bridgehead atoms. The molecule has 2 aromatic carbocycles. The van der Waals surface area contributed by atoms with E-state index in [1.807, 2.05) is 0 Å². The fourth-order valence-electron chi connectivity index (χ4n) is 5.60. The van der Waals surface area contributed by atoms with Crippen LogP contribution in [-0.4, -0.2) is 44.8 Å². The third-order valence-corrected chi connectivity index (χ3v) is 7.82. The van der Waals surface area contributed by atoms with Crippen molar-refractivity contribution in [2.45, 2.75) is 66.1 Å². The van der Waals surface area contributed by atoms with Crippen LogP contribution in [0, 0.1) is 32.6 Å². The number of pyridine rings is 1. The fourth-order valence-corrected chi connectivity index (χ4v) is 5.60. The number of hydrogen-bond acceptors (Lipinski definition) is 7. The van der Waals surface area contributed by atoms with Gasteiger partial charge in [-0.15, -0.1) is 5.10 Å². The molecule has 39 heavy (non-hydrogen) atoms. The molecule has 204 valence electrons. The molecule has 8 nitrogen and oxygen atoms in total. The Balaban J connectivity index is 1.42. The van der Waals surface area contributed by atoms with Gasteiger partial charge in [-0.3, -0.25) is 0 Å². The van der Waals surface area contributed by atoms with Crippen molar-refractivity contribution in [3.05, 3.63) is 70.3 Å². The summed E-state index contributed by atoms with van der Waals surface area (Å²) < 4.78 is 0. The van der Waals surface area contributed by atoms with Crippen molar-refractivity contribution in [3.8, 4) is 0 Å². The van der Waals surface area contributed by atoms with E-state index in [1.165, 1.54) is 58.9 Å². The summed E-state index contributed by atoms with van der Waals surface area (Å²) in [7, 11) is 0. The Morgan fingerprint density at radius 1 is 0.897 bits per heavy atom. The lowest BCUT2D eigenvalue weighted by Gasteiger charge is -2.29. The zero-order valence-corrected chi connectivity index (χ0v) is 23.5. The summed E-state index contributed by atoms with van der Waals surface area (Å²) in [6.07, 6.45) is 5.32. The summed E-state index contributed by atoms with van der Waals surface area (Å²) in [5.74, 6) is 3.31. The molecular weight excluding hydrogens is 484 g/mol. The van der Waals surface area contributed by atoms with Crippen LogP contribution in [0.3, 0.4) is 0 Å². The highest BCUT2D eigenvalue weighted by Crippen LogP contribution is 2.37. The quantitative estimate of drug-likeness (QED) is 0.281. The average Bonchev–Trinajstić information content (AvgIpc) is 3.83. The second-order valence-electron chi connectivity index (χ2n) is 11.7. The number of rotatable bonds is 12. The Labute approximate surface area is 231 Å². The van der Waals surface area contributed by atoms with Crippen molar-refractivity contribution < 1.29 is 0 Å². The van der Waals surface area contributed by atoms with Crippen LogP contribution in [0.25, 0.3) is 10.9 Å². The predicted molar refractivity (Wildman–Crippen MR) is 157 cm³/mol. The Morgan fingerprint density at radius 2 is 1.62 bits per heavy atom. The van der Waals surface area contributed by atoms with Gasteiger partial charge >= 0.3 is 0 Å². The van der Waals surface area contributed by atoms with E-state index in [0.29, 0.717) is 32.1 Å². The van der Waals surface area contributed by atoms with Crippen LogP contribution in [0.4, 0.5) is 11.8 Å². The summed E-state index contributed by atoms with van der Waals surface area (Å²) >= 11 is 0. The number of anilines is 2. The van der Waals surface area contributed by atoms with Gasteiger partial charge in [-0.2, -0.15) is 4.80 Å². The number of para-hydroxylation sites is 1. The Kier molecular flexibility index (Phi) is 7.21. The van der Waals surface area contributed by atoms with E-state index in [0.717, 1.165) is 36.3 Å². The monoisotopic (exact) mass is 524 g/mol. The number of aryl methyl sites for hydroxylation is 3. The van der Waals surface area contributed by atoms with Gasteiger partial charge in [0, 0.05) is 43.7 Å². The topological polar surface area (TPSA) is 89.0 Å². The van der Waals surface area contributed by atoms with Crippen molar-refractivity contribution in [2.24, 2.45) is 17.6 Å². The summed E-state index contributed by atoms with van der Waals surface area (Å²) in [4.78, 5) is 11.8. The maximum Gasteiger partial charge on any atom is 0.266 e. The summed E-state index contributed by atoms with van der Waals surface area (Å²) in [5.41, 5.74) is 13.1.